The Bertz CT molecular complexity index is 842. The van der Waals surface area contributed by atoms with Gasteiger partial charge in [0.1, 0.15) is 17.2 Å². The maximum atomic E-state index is 14.6. The second-order valence-corrected chi connectivity index (χ2v) is 9.86. The molecule has 0 spiro atoms. The summed E-state index contributed by atoms with van der Waals surface area (Å²) in [5.74, 6) is -44.1. The van der Waals surface area contributed by atoms with Crippen LogP contribution in [0.25, 0.3) is 0 Å². The Kier molecular flexibility index (Phi) is 9.28. The van der Waals surface area contributed by atoms with Crippen LogP contribution in [0.5, 0.6) is 0 Å². The fourth-order valence-electron chi connectivity index (χ4n) is 2.46. The zero-order valence-electron chi connectivity index (χ0n) is 20.2. The van der Waals surface area contributed by atoms with Gasteiger partial charge in [0, 0.05) is 0 Å². The highest BCUT2D eigenvalue weighted by Crippen LogP contribution is 2.61. The topological polar surface area (TPSA) is 64.6 Å². The molecule has 0 aliphatic carbocycles. The number of hydrogen-bond donors (Lipinski definition) is 1. The van der Waals surface area contributed by atoms with E-state index in [1.54, 1.807) is 0 Å². The Morgan fingerprint density at radius 1 is 0.595 bits per heavy atom. The van der Waals surface area contributed by atoms with Crippen LogP contribution in [0.3, 0.4) is 0 Å². The van der Waals surface area contributed by atoms with Gasteiger partial charge in [0.2, 0.25) is 0 Å². The Balaban J connectivity index is 6.72. The number of nitrogens with one attached hydrogen (secondary N) is 1. The van der Waals surface area contributed by atoms with E-state index in [9.17, 15) is 66.7 Å². The maximum absolute atomic E-state index is 14.6. The van der Waals surface area contributed by atoms with Crippen molar-refractivity contribution >= 4 is 12.1 Å². The molecule has 0 aromatic rings. The van der Waals surface area contributed by atoms with E-state index in [2.05, 4.69) is 9.47 Å². The molecule has 0 aliphatic rings. The SMILES string of the molecule is CC(C(NC(=O)OC(C)(C)C)C(=O)OC(C)(C)C)C(F)(F)C(F)(F)C(F)(F)C(F)(F)C(F)(F)C(F)(F)F. The van der Waals surface area contributed by atoms with Crippen LogP contribution in [-0.2, 0) is 14.3 Å². The molecule has 0 fully saturated rings. The van der Waals surface area contributed by atoms with Crippen molar-refractivity contribution in [2.24, 2.45) is 5.92 Å². The number of amides is 1. The van der Waals surface area contributed by atoms with Crippen LogP contribution in [-0.4, -0.2) is 65.1 Å². The number of rotatable bonds is 8. The van der Waals surface area contributed by atoms with Gasteiger partial charge in [0.05, 0.1) is 5.92 Å². The van der Waals surface area contributed by atoms with Crippen LogP contribution in [0, 0.1) is 5.92 Å². The van der Waals surface area contributed by atoms with Gasteiger partial charge in [-0.3, -0.25) is 0 Å². The summed E-state index contributed by atoms with van der Waals surface area (Å²) in [4.78, 5) is 24.3. The highest BCUT2D eigenvalue weighted by Gasteiger charge is 2.91. The molecule has 0 heterocycles. The maximum Gasteiger partial charge on any atom is 0.460 e. The van der Waals surface area contributed by atoms with E-state index in [-0.39, 0.29) is 6.92 Å². The molecule has 5 nitrogen and oxygen atoms in total. The molecular formula is C19H24F13NO4. The third-order valence-corrected chi connectivity index (χ3v) is 4.36. The van der Waals surface area contributed by atoms with Crippen molar-refractivity contribution in [1.29, 1.82) is 0 Å². The molecule has 0 aromatic carbocycles. The number of halogens is 13. The van der Waals surface area contributed by atoms with Crippen molar-refractivity contribution < 1.29 is 76.1 Å². The molecule has 2 atom stereocenters. The van der Waals surface area contributed by atoms with Gasteiger partial charge in [-0.05, 0) is 41.5 Å². The van der Waals surface area contributed by atoms with Crippen molar-refractivity contribution in [3.8, 4) is 0 Å². The molecule has 0 saturated carbocycles. The molecule has 0 aromatic heterocycles. The first kappa shape index (κ1) is 34.8. The second kappa shape index (κ2) is 9.85. The molecule has 1 N–H and O–H groups in total. The van der Waals surface area contributed by atoms with Crippen LogP contribution in [0.15, 0.2) is 0 Å². The largest absolute Gasteiger partial charge is 0.460 e. The number of carbonyl (C=O) groups excluding carboxylic acids is 2. The fraction of sp³-hybridized carbons (Fsp3) is 0.895. The molecule has 37 heavy (non-hydrogen) atoms. The summed E-state index contributed by atoms with van der Waals surface area (Å²) in [5.41, 5.74) is -3.02. The van der Waals surface area contributed by atoms with E-state index in [4.69, 9.17) is 0 Å². The third-order valence-electron chi connectivity index (χ3n) is 4.36. The van der Waals surface area contributed by atoms with Gasteiger partial charge >= 0.3 is 47.9 Å². The van der Waals surface area contributed by atoms with Gasteiger partial charge in [-0.25, -0.2) is 9.59 Å². The monoisotopic (exact) mass is 577 g/mol. The number of ether oxygens (including phenoxy) is 2. The highest BCUT2D eigenvalue weighted by molar-refractivity contribution is 5.82. The lowest BCUT2D eigenvalue weighted by Gasteiger charge is -2.42. The van der Waals surface area contributed by atoms with Crippen molar-refractivity contribution in [3.63, 3.8) is 0 Å². The van der Waals surface area contributed by atoms with E-state index < -0.39 is 71.0 Å². The van der Waals surface area contributed by atoms with Crippen molar-refractivity contribution in [3.05, 3.63) is 0 Å². The fourth-order valence-corrected chi connectivity index (χ4v) is 2.46. The predicted octanol–water partition coefficient (Wildman–Crippen LogP) is 6.60. The van der Waals surface area contributed by atoms with E-state index in [1.807, 2.05) is 0 Å². The average Bonchev–Trinajstić information content (AvgIpc) is 2.60. The minimum Gasteiger partial charge on any atom is -0.458 e. The van der Waals surface area contributed by atoms with E-state index in [1.165, 1.54) is 26.1 Å². The Labute approximate surface area is 202 Å². The lowest BCUT2D eigenvalue weighted by Crippen LogP contribution is -2.72. The lowest BCUT2D eigenvalue weighted by molar-refractivity contribution is -0.443. The van der Waals surface area contributed by atoms with Gasteiger partial charge in [-0.1, -0.05) is 6.92 Å². The highest BCUT2D eigenvalue weighted by atomic mass is 19.4. The summed E-state index contributed by atoms with van der Waals surface area (Å²) in [6.07, 6.45) is -9.36. The number of alkyl halides is 13. The summed E-state index contributed by atoms with van der Waals surface area (Å²) in [5, 5.41) is 1.31. The zero-order valence-corrected chi connectivity index (χ0v) is 20.2. The lowest BCUT2D eigenvalue weighted by atomic mass is 9.84. The van der Waals surface area contributed by atoms with Gasteiger partial charge in [-0.15, -0.1) is 0 Å². The molecule has 220 valence electrons. The summed E-state index contributed by atoms with van der Waals surface area (Å²) >= 11 is 0. The second-order valence-electron chi connectivity index (χ2n) is 9.86. The zero-order chi connectivity index (χ0) is 30.4. The van der Waals surface area contributed by atoms with Gasteiger partial charge in [0.25, 0.3) is 0 Å². The van der Waals surface area contributed by atoms with Crippen LogP contribution in [0.2, 0.25) is 0 Å². The van der Waals surface area contributed by atoms with Crippen molar-refractivity contribution in [1.82, 2.24) is 5.32 Å². The van der Waals surface area contributed by atoms with E-state index in [0.29, 0.717) is 0 Å². The average molecular weight is 577 g/mol. The molecule has 0 saturated heterocycles. The van der Waals surface area contributed by atoms with E-state index in [0.717, 1.165) is 20.8 Å². The van der Waals surface area contributed by atoms with Crippen molar-refractivity contribution in [2.75, 3.05) is 0 Å². The minimum atomic E-state index is -8.11. The quantitative estimate of drug-likeness (QED) is 0.261. The van der Waals surface area contributed by atoms with Crippen LogP contribution < -0.4 is 5.32 Å². The standard InChI is InChI=1S/C19H24F13NO4/c1-8(9(10(34)36-12(2,3)4)33-11(35)37-13(5,6)7)14(20,21)15(22,23)16(24,25)17(26,27)18(28,29)19(30,31)32/h8-9H,1-7H3,(H,33,35). The molecule has 0 bridgehead atoms. The van der Waals surface area contributed by atoms with Gasteiger partial charge < -0.3 is 14.8 Å². The summed E-state index contributed by atoms with van der Waals surface area (Å²) < 4.78 is 185. The molecular weight excluding hydrogens is 553 g/mol. The molecule has 18 heteroatoms. The molecule has 0 radical (unpaired) electrons. The Morgan fingerprint density at radius 2 is 0.946 bits per heavy atom. The van der Waals surface area contributed by atoms with Crippen LogP contribution >= 0.6 is 0 Å². The smallest absolute Gasteiger partial charge is 0.458 e. The Hall–Kier alpha value is -2.17. The van der Waals surface area contributed by atoms with Gasteiger partial charge in [0.15, 0.2) is 0 Å². The van der Waals surface area contributed by atoms with Crippen molar-refractivity contribution in [2.45, 2.75) is 101 Å². The minimum absolute atomic E-state index is 0.171. The molecule has 2 unspecified atom stereocenters. The summed E-state index contributed by atoms with van der Waals surface area (Å²) in [7, 11) is 0. The number of carbonyl (C=O) groups is 2. The molecule has 0 rings (SSSR count). The molecule has 1 amide bonds. The normalized spacial score (nSPS) is 16.6. The van der Waals surface area contributed by atoms with Crippen LogP contribution in [0.4, 0.5) is 61.9 Å². The first-order chi connectivity index (χ1) is 15.8. The Morgan fingerprint density at radius 3 is 1.27 bits per heavy atom. The third kappa shape index (κ3) is 6.83. The van der Waals surface area contributed by atoms with Crippen LogP contribution in [0.1, 0.15) is 48.5 Å². The summed E-state index contributed by atoms with van der Waals surface area (Å²) in [6, 6.07) is -3.08. The first-order valence-corrected chi connectivity index (χ1v) is 9.96. The summed E-state index contributed by atoms with van der Waals surface area (Å²) in [6.45, 7) is 6.72. The number of hydrogen-bond acceptors (Lipinski definition) is 4. The number of esters is 1. The van der Waals surface area contributed by atoms with E-state index >= 15 is 0 Å². The van der Waals surface area contributed by atoms with Gasteiger partial charge in [-0.2, -0.15) is 57.1 Å². The molecule has 0 aliphatic heterocycles. The first-order valence-electron chi connectivity index (χ1n) is 9.96. The predicted molar refractivity (Wildman–Crippen MR) is 99.0 cm³/mol. The number of alkyl carbamates (subject to hydrolysis) is 1.